The molecular formula is C21H18F3N5OS. The molecule has 3 N–H and O–H groups in total. The molecule has 160 valence electrons. The first-order valence-corrected chi connectivity index (χ1v) is 10.1. The van der Waals surface area contributed by atoms with Crippen LogP contribution in [0.25, 0.3) is 16.6 Å². The number of hydrogen-bond donors (Lipinski definition) is 2. The average molecular weight is 445 g/mol. The summed E-state index contributed by atoms with van der Waals surface area (Å²) in [4.78, 5) is 4.11. The zero-order valence-electron chi connectivity index (χ0n) is 16.3. The number of rotatable bonds is 7. The molecule has 0 aliphatic carbocycles. The molecule has 6 nitrogen and oxygen atoms in total. The van der Waals surface area contributed by atoms with Crippen LogP contribution in [0.2, 0.25) is 0 Å². The number of alkyl halides is 2. The van der Waals surface area contributed by atoms with E-state index in [0.29, 0.717) is 22.8 Å². The van der Waals surface area contributed by atoms with E-state index >= 15 is 0 Å². The maximum absolute atomic E-state index is 13.2. The number of anilines is 2. The zero-order valence-corrected chi connectivity index (χ0v) is 17.1. The fourth-order valence-electron chi connectivity index (χ4n) is 3.15. The van der Waals surface area contributed by atoms with Crippen molar-refractivity contribution in [2.45, 2.75) is 18.8 Å². The standard InChI is InChI=1S/C21H18F3N5OS/c1-12(13-2-5-15(22)6-3-13)30-18-10-14(4-7-17(18)28-31-21(23)24)16-11-27-29-9-8-26-20(25)19(16)29/h2-12,21,28H,1H3,(H2,25,26). The van der Waals surface area contributed by atoms with E-state index in [1.165, 1.54) is 12.1 Å². The number of fused-ring (bicyclic) bond motifs is 1. The number of benzene rings is 2. The highest BCUT2D eigenvalue weighted by atomic mass is 32.2. The molecule has 0 radical (unpaired) electrons. The Bertz CT molecular complexity index is 1200. The second kappa shape index (κ2) is 8.76. The number of ether oxygens (including phenoxy) is 1. The first-order valence-electron chi connectivity index (χ1n) is 9.26. The van der Waals surface area contributed by atoms with Gasteiger partial charge in [0.1, 0.15) is 29.0 Å². The van der Waals surface area contributed by atoms with Crippen LogP contribution in [0.15, 0.2) is 61.1 Å². The summed E-state index contributed by atoms with van der Waals surface area (Å²) >= 11 is 0.272. The molecule has 0 amide bonds. The Hall–Kier alpha value is -3.40. The molecule has 2 aromatic heterocycles. The zero-order chi connectivity index (χ0) is 22.0. The molecule has 0 aliphatic heterocycles. The molecule has 4 aromatic rings. The third-order valence-corrected chi connectivity index (χ3v) is 5.17. The number of halogens is 3. The number of nitrogens with one attached hydrogen (secondary N) is 1. The highest BCUT2D eigenvalue weighted by Gasteiger charge is 2.16. The quantitative estimate of drug-likeness (QED) is 0.364. The van der Waals surface area contributed by atoms with Gasteiger partial charge in [-0.2, -0.15) is 13.9 Å². The molecule has 1 atom stereocenters. The number of aromatic nitrogens is 3. The van der Waals surface area contributed by atoms with E-state index in [9.17, 15) is 13.2 Å². The summed E-state index contributed by atoms with van der Waals surface area (Å²) in [5.74, 6) is -2.29. The molecule has 0 aliphatic rings. The van der Waals surface area contributed by atoms with Gasteiger partial charge in [-0.1, -0.05) is 18.2 Å². The second-order valence-corrected chi connectivity index (χ2v) is 7.46. The van der Waals surface area contributed by atoms with Crippen molar-refractivity contribution < 1.29 is 17.9 Å². The van der Waals surface area contributed by atoms with E-state index in [0.717, 1.165) is 16.7 Å². The molecule has 0 saturated heterocycles. The van der Waals surface area contributed by atoms with E-state index in [1.807, 2.05) is 0 Å². The lowest BCUT2D eigenvalue weighted by Crippen LogP contribution is -2.05. The highest BCUT2D eigenvalue weighted by molar-refractivity contribution is 8.00. The van der Waals surface area contributed by atoms with Crippen LogP contribution < -0.4 is 15.2 Å². The van der Waals surface area contributed by atoms with Gasteiger partial charge in [-0.3, -0.25) is 0 Å². The van der Waals surface area contributed by atoms with Crippen molar-refractivity contribution in [3.05, 3.63) is 72.4 Å². The summed E-state index contributed by atoms with van der Waals surface area (Å²) in [5.41, 5.74) is 9.22. The van der Waals surface area contributed by atoms with Crippen molar-refractivity contribution in [1.82, 2.24) is 14.6 Å². The Morgan fingerprint density at radius 2 is 1.94 bits per heavy atom. The van der Waals surface area contributed by atoms with Crippen molar-refractivity contribution in [3.63, 3.8) is 0 Å². The lowest BCUT2D eigenvalue weighted by atomic mass is 10.1. The number of nitrogens with zero attached hydrogens (tertiary/aromatic N) is 3. The van der Waals surface area contributed by atoms with E-state index in [4.69, 9.17) is 10.5 Å². The molecule has 0 fully saturated rings. The van der Waals surface area contributed by atoms with Gasteiger partial charge in [0.15, 0.2) is 0 Å². The molecule has 4 rings (SSSR count). The molecule has 0 bridgehead atoms. The largest absolute Gasteiger partial charge is 0.484 e. The molecule has 2 heterocycles. The van der Waals surface area contributed by atoms with Crippen LogP contribution in [0.5, 0.6) is 5.75 Å². The van der Waals surface area contributed by atoms with Crippen molar-refractivity contribution >= 4 is 29.0 Å². The Morgan fingerprint density at radius 3 is 2.68 bits per heavy atom. The van der Waals surface area contributed by atoms with Crippen LogP contribution in [0.3, 0.4) is 0 Å². The van der Waals surface area contributed by atoms with E-state index < -0.39 is 11.9 Å². The minimum Gasteiger partial charge on any atom is -0.484 e. The van der Waals surface area contributed by atoms with Gasteiger partial charge >= 0.3 is 5.76 Å². The number of hydrogen-bond acceptors (Lipinski definition) is 6. The molecule has 31 heavy (non-hydrogen) atoms. The Labute approximate surface area is 180 Å². The Morgan fingerprint density at radius 1 is 1.16 bits per heavy atom. The fourth-order valence-corrected chi connectivity index (χ4v) is 3.54. The summed E-state index contributed by atoms with van der Waals surface area (Å²) in [7, 11) is 0. The summed E-state index contributed by atoms with van der Waals surface area (Å²) < 4.78 is 49.0. The lowest BCUT2D eigenvalue weighted by molar-refractivity contribution is 0.228. The van der Waals surface area contributed by atoms with E-state index in [-0.39, 0.29) is 17.8 Å². The van der Waals surface area contributed by atoms with Crippen molar-refractivity contribution in [2.75, 3.05) is 10.5 Å². The van der Waals surface area contributed by atoms with Crippen LogP contribution >= 0.6 is 11.9 Å². The van der Waals surface area contributed by atoms with Crippen LogP contribution in [-0.2, 0) is 0 Å². The number of nitrogen functional groups attached to an aromatic ring is 1. The van der Waals surface area contributed by atoms with Gasteiger partial charge in [-0.15, -0.1) is 0 Å². The minimum absolute atomic E-state index is 0.272. The van der Waals surface area contributed by atoms with E-state index in [2.05, 4.69) is 14.8 Å². The molecule has 2 aromatic carbocycles. The van der Waals surface area contributed by atoms with Gasteiger partial charge in [-0.25, -0.2) is 13.9 Å². The first-order chi connectivity index (χ1) is 14.9. The Balaban J connectivity index is 1.72. The normalized spacial score (nSPS) is 12.3. The monoisotopic (exact) mass is 445 g/mol. The molecular weight excluding hydrogens is 427 g/mol. The third kappa shape index (κ3) is 4.53. The smallest absolute Gasteiger partial charge is 0.302 e. The summed E-state index contributed by atoms with van der Waals surface area (Å²) in [6.07, 6.45) is 4.42. The van der Waals surface area contributed by atoms with Crippen LogP contribution in [0.4, 0.5) is 24.7 Å². The van der Waals surface area contributed by atoms with Gasteiger partial charge in [0.25, 0.3) is 0 Å². The van der Waals surface area contributed by atoms with Gasteiger partial charge < -0.3 is 15.2 Å². The average Bonchev–Trinajstić information content (AvgIpc) is 3.19. The molecule has 1 unspecified atom stereocenters. The molecule has 0 spiro atoms. The highest BCUT2D eigenvalue weighted by Crippen LogP contribution is 2.37. The van der Waals surface area contributed by atoms with Crippen molar-refractivity contribution in [1.29, 1.82) is 0 Å². The van der Waals surface area contributed by atoms with Crippen molar-refractivity contribution in [2.24, 2.45) is 0 Å². The Kier molecular flexibility index (Phi) is 5.90. The maximum atomic E-state index is 13.2. The number of nitrogens with two attached hydrogens (primary N) is 1. The second-order valence-electron chi connectivity index (χ2n) is 6.67. The van der Waals surface area contributed by atoms with Crippen LogP contribution in [-0.4, -0.2) is 20.4 Å². The van der Waals surface area contributed by atoms with Crippen molar-refractivity contribution in [3.8, 4) is 16.9 Å². The minimum atomic E-state index is -2.60. The fraction of sp³-hybridized carbons (Fsp3) is 0.143. The predicted molar refractivity (Wildman–Crippen MR) is 115 cm³/mol. The predicted octanol–water partition coefficient (Wildman–Crippen LogP) is 5.54. The lowest BCUT2D eigenvalue weighted by Gasteiger charge is -2.19. The van der Waals surface area contributed by atoms with Crippen LogP contribution in [0, 0.1) is 5.82 Å². The van der Waals surface area contributed by atoms with Gasteiger partial charge in [0, 0.05) is 29.9 Å². The maximum Gasteiger partial charge on any atom is 0.302 e. The topological polar surface area (TPSA) is 77.5 Å². The first kappa shape index (κ1) is 20.9. The van der Waals surface area contributed by atoms with Gasteiger partial charge in [0.2, 0.25) is 0 Å². The molecule has 0 saturated carbocycles. The van der Waals surface area contributed by atoms with E-state index in [1.54, 1.807) is 60.4 Å². The summed E-state index contributed by atoms with van der Waals surface area (Å²) in [5, 5.41) is 4.29. The SMILES string of the molecule is CC(Oc1cc(-c2cnn3ccnc(N)c23)ccc1NSC(F)F)c1ccc(F)cc1. The van der Waals surface area contributed by atoms with Gasteiger partial charge in [-0.05, 0) is 42.3 Å². The third-order valence-electron chi connectivity index (χ3n) is 4.65. The molecule has 10 heteroatoms. The summed E-state index contributed by atoms with van der Waals surface area (Å²) in [6.45, 7) is 1.79. The van der Waals surface area contributed by atoms with Crippen LogP contribution in [0.1, 0.15) is 18.6 Å². The van der Waals surface area contributed by atoms with Gasteiger partial charge in [0.05, 0.1) is 11.9 Å². The summed E-state index contributed by atoms with van der Waals surface area (Å²) in [6, 6.07) is 11.0.